The number of aryl methyl sites for hydroxylation is 1. The van der Waals surface area contributed by atoms with Crippen LogP contribution in [-0.4, -0.2) is 17.0 Å². The fourth-order valence-corrected chi connectivity index (χ4v) is 1.70. The van der Waals surface area contributed by atoms with Crippen molar-refractivity contribution in [2.75, 3.05) is 17.7 Å². The predicted molar refractivity (Wildman–Crippen MR) is 70.7 cm³/mol. The monoisotopic (exact) mass is 264 g/mol. The van der Waals surface area contributed by atoms with Crippen LogP contribution in [0.15, 0.2) is 18.2 Å². The van der Waals surface area contributed by atoms with Crippen LogP contribution in [-0.2, 0) is 0 Å². The normalized spacial score (nSPS) is 10.4. The molecule has 0 saturated heterocycles. The van der Waals surface area contributed by atoms with Crippen molar-refractivity contribution in [3.8, 4) is 0 Å². The molecule has 6 heteroatoms. The standard InChI is InChI=1S/C13H14F2N4/c1-7-12(16-3)17-8(2)18-13(7)19-9-4-5-10(14)11(15)6-9/h4-6H,1-3H3,(H2,16,17,18,19). The van der Waals surface area contributed by atoms with Crippen molar-refractivity contribution in [2.24, 2.45) is 0 Å². The lowest BCUT2D eigenvalue weighted by molar-refractivity contribution is 0.509. The highest BCUT2D eigenvalue weighted by molar-refractivity contribution is 5.64. The first kappa shape index (κ1) is 13.2. The van der Waals surface area contributed by atoms with Crippen molar-refractivity contribution >= 4 is 17.3 Å². The van der Waals surface area contributed by atoms with E-state index < -0.39 is 11.6 Å². The van der Waals surface area contributed by atoms with Crippen LogP contribution >= 0.6 is 0 Å². The Kier molecular flexibility index (Phi) is 3.59. The zero-order valence-electron chi connectivity index (χ0n) is 10.9. The third-order valence-corrected chi connectivity index (χ3v) is 2.68. The van der Waals surface area contributed by atoms with Crippen LogP contribution in [0.3, 0.4) is 0 Å². The summed E-state index contributed by atoms with van der Waals surface area (Å²) in [6.45, 7) is 3.60. The van der Waals surface area contributed by atoms with Gasteiger partial charge in [0.1, 0.15) is 17.5 Å². The highest BCUT2D eigenvalue weighted by atomic mass is 19.2. The highest BCUT2D eigenvalue weighted by Gasteiger charge is 2.09. The van der Waals surface area contributed by atoms with Gasteiger partial charge in [0.05, 0.1) is 0 Å². The summed E-state index contributed by atoms with van der Waals surface area (Å²) in [4.78, 5) is 8.48. The van der Waals surface area contributed by atoms with E-state index in [4.69, 9.17) is 0 Å². The van der Waals surface area contributed by atoms with E-state index in [1.807, 2.05) is 6.92 Å². The molecule has 0 aliphatic carbocycles. The molecule has 0 unspecified atom stereocenters. The summed E-state index contributed by atoms with van der Waals surface area (Å²) in [7, 11) is 1.76. The Morgan fingerprint density at radius 3 is 2.32 bits per heavy atom. The molecule has 2 aromatic rings. The molecule has 4 nitrogen and oxygen atoms in total. The molecule has 100 valence electrons. The van der Waals surface area contributed by atoms with Crippen LogP contribution in [0.25, 0.3) is 0 Å². The summed E-state index contributed by atoms with van der Waals surface area (Å²) in [5.41, 5.74) is 1.24. The molecular formula is C13H14F2N4. The van der Waals surface area contributed by atoms with Gasteiger partial charge in [0, 0.05) is 24.4 Å². The third kappa shape index (κ3) is 2.78. The van der Waals surface area contributed by atoms with Gasteiger partial charge in [0.2, 0.25) is 0 Å². The summed E-state index contributed by atoms with van der Waals surface area (Å²) in [6, 6.07) is 3.61. The van der Waals surface area contributed by atoms with E-state index in [1.54, 1.807) is 14.0 Å². The van der Waals surface area contributed by atoms with Crippen molar-refractivity contribution in [1.29, 1.82) is 0 Å². The Labute approximate surface area is 109 Å². The summed E-state index contributed by atoms with van der Waals surface area (Å²) < 4.78 is 26.0. The number of benzene rings is 1. The van der Waals surface area contributed by atoms with Crippen molar-refractivity contribution in [2.45, 2.75) is 13.8 Å². The third-order valence-electron chi connectivity index (χ3n) is 2.68. The minimum Gasteiger partial charge on any atom is -0.373 e. The molecule has 2 rings (SSSR count). The first-order chi connectivity index (χ1) is 9.01. The maximum absolute atomic E-state index is 13.1. The summed E-state index contributed by atoms with van der Waals surface area (Å²) >= 11 is 0. The number of rotatable bonds is 3. The maximum Gasteiger partial charge on any atom is 0.160 e. The summed E-state index contributed by atoms with van der Waals surface area (Å²) in [5.74, 6) is 0.0554. The molecule has 0 radical (unpaired) electrons. The van der Waals surface area contributed by atoms with E-state index in [2.05, 4.69) is 20.6 Å². The topological polar surface area (TPSA) is 49.8 Å². The van der Waals surface area contributed by atoms with Gasteiger partial charge in [-0.05, 0) is 26.0 Å². The summed E-state index contributed by atoms with van der Waals surface area (Å²) in [6.07, 6.45) is 0. The lowest BCUT2D eigenvalue weighted by atomic mass is 10.2. The average molecular weight is 264 g/mol. The van der Waals surface area contributed by atoms with E-state index in [1.165, 1.54) is 6.07 Å². The molecule has 0 aliphatic rings. The number of nitrogens with zero attached hydrogens (tertiary/aromatic N) is 2. The van der Waals surface area contributed by atoms with Crippen LogP contribution < -0.4 is 10.6 Å². The van der Waals surface area contributed by atoms with E-state index >= 15 is 0 Å². The number of nitrogens with one attached hydrogen (secondary N) is 2. The van der Waals surface area contributed by atoms with Crippen LogP contribution in [0, 0.1) is 25.5 Å². The van der Waals surface area contributed by atoms with Gasteiger partial charge in [-0.25, -0.2) is 18.7 Å². The van der Waals surface area contributed by atoms with Crippen LogP contribution in [0.2, 0.25) is 0 Å². The molecule has 0 atom stereocenters. The summed E-state index contributed by atoms with van der Waals surface area (Å²) in [5, 5.41) is 5.92. The van der Waals surface area contributed by atoms with Gasteiger partial charge in [0.15, 0.2) is 11.6 Å². The zero-order chi connectivity index (χ0) is 14.0. The fourth-order valence-electron chi connectivity index (χ4n) is 1.70. The zero-order valence-corrected chi connectivity index (χ0v) is 10.9. The second-order valence-corrected chi connectivity index (χ2v) is 4.10. The van der Waals surface area contributed by atoms with Crippen LogP contribution in [0.1, 0.15) is 11.4 Å². The largest absolute Gasteiger partial charge is 0.373 e. The van der Waals surface area contributed by atoms with Crippen molar-refractivity contribution in [3.05, 3.63) is 41.2 Å². The Morgan fingerprint density at radius 2 is 1.68 bits per heavy atom. The lowest BCUT2D eigenvalue weighted by Gasteiger charge is -2.12. The molecule has 0 aliphatic heterocycles. The number of hydrogen-bond donors (Lipinski definition) is 2. The second-order valence-electron chi connectivity index (χ2n) is 4.10. The molecular weight excluding hydrogens is 250 g/mol. The Bertz CT molecular complexity index is 614. The molecule has 0 amide bonds. The van der Waals surface area contributed by atoms with E-state index in [-0.39, 0.29) is 0 Å². The van der Waals surface area contributed by atoms with E-state index in [9.17, 15) is 8.78 Å². The van der Waals surface area contributed by atoms with Gasteiger partial charge in [-0.3, -0.25) is 0 Å². The molecule has 0 spiro atoms. The van der Waals surface area contributed by atoms with Gasteiger partial charge in [-0.2, -0.15) is 0 Å². The quantitative estimate of drug-likeness (QED) is 0.894. The van der Waals surface area contributed by atoms with Crippen molar-refractivity contribution in [1.82, 2.24) is 9.97 Å². The number of aromatic nitrogens is 2. The van der Waals surface area contributed by atoms with Gasteiger partial charge >= 0.3 is 0 Å². The van der Waals surface area contributed by atoms with Crippen molar-refractivity contribution in [3.63, 3.8) is 0 Å². The fraction of sp³-hybridized carbons (Fsp3) is 0.231. The first-order valence-corrected chi connectivity index (χ1v) is 5.76. The molecule has 0 bridgehead atoms. The predicted octanol–water partition coefficient (Wildman–Crippen LogP) is 3.16. The molecule has 1 aromatic heterocycles. The molecule has 1 aromatic carbocycles. The molecule has 0 saturated carbocycles. The van der Waals surface area contributed by atoms with Gasteiger partial charge in [-0.1, -0.05) is 0 Å². The Balaban J connectivity index is 2.37. The SMILES string of the molecule is CNc1nc(C)nc(Nc2ccc(F)c(F)c2)c1C. The minimum absolute atomic E-state index is 0.433. The Morgan fingerprint density at radius 1 is 1.00 bits per heavy atom. The smallest absolute Gasteiger partial charge is 0.160 e. The van der Waals surface area contributed by atoms with Crippen molar-refractivity contribution < 1.29 is 8.78 Å². The molecule has 2 N–H and O–H groups in total. The van der Waals surface area contributed by atoms with Gasteiger partial charge < -0.3 is 10.6 Å². The van der Waals surface area contributed by atoms with E-state index in [0.717, 1.165) is 17.7 Å². The van der Waals surface area contributed by atoms with Gasteiger partial charge in [-0.15, -0.1) is 0 Å². The van der Waals surface area contributed by atoms with Gasteiger partial charge in [0.25, 0.3) is 0 Å². The molecule has 19 heavy (non-hydrogen) atoms. The Hall–Kier alpha value is -2.24. The first-order valence-electron chi connectivity index (χ1n) is 5.76. The number of halogens is 2. The average Bonchev–Trinajstić information content (AvgIpc) is 2.37. The maximum atomic E-state index is 13.1. The van der Waals surface area contributed by atoms with E-state index in [0.29, 0.717) is 23.1 Å². The highest BCUT2D eigenvalue weighted by Crippen LogP contribution is 2.24. The van der Waals surface area contributed by atoms with Crippen LogP contribution in [0.4, 0.5) is 26.1 Å². The molecule has 0 fully saturated rings. The minimum atomic E-state index is -0.901. The second kappa shape index (κ2) is 5.17. The van der Waals surface area contributed by atoms with Crippen LogP contribution in [0.5, 0.6) is 0 Å². The number of anilines is 3. The number of hydrogen-bond acceptors (Lipinski definition) is 4. The lowest BCUT2D eigenvalue weighted by Crippen LogP contribution is -2.05. The molecule has 1 heterocycles.